The highest BCUT2D eigenvalue weighted by atomic mass is 35.5. The van der Waals surface area contributed by atoms with Crippen molar-refractivity contribution in [3.05, 3.63) is 65.7 Å². The van der Waals surface area contributed by atoms with Crippen LogP contribution in [-0.4, -0.2) is 24.4 Å². The molecule has 1 N–H and O–H groups in total. The first kappa shape index (κ1) is 24.0. The average molecular weight is 433 g/mol. The molecular formula is C19H17ClF4N2O3. The summed E-state index contributed by atoms with van der Waals surface area (Å²) in [6.45, 7) is 4.28. The van der Waals surface area contributed by atoms with E-state index in [9.17, 15) is 27.6 Å². The third-order valence-corrected chi connectivity index (χ3v) is 3.48. The molecule has 29 heavy (non-hydrogen) atoms. The summed E-state index contributed by atoms with van der Waals surface area (Å²) in [5.41, 5.74) is -1.50. The van der Waals surface area contributed by atoms with Crippen LogP contribution >= 0.6 is 11.6 Å². The van der Waals surface area contributed by atoms with Gasteiger partial charge in [0.15, 0.2) is 5.54 Å². The number of rotatable bonds is 9. The molecule has 0 saturated carbocycles. The maximum absolute atomic E-state index is 13.2. The van der Waals surface area contributed by atoms with Crippen LogP contribution in [0.4, 0.5) is 17.6 Å². The molecule has 10 heteroatoms. The van der Waals surface area contributed by atoms with E-state index in [2.05, 4.69) is 16.6 Å². The number of halogens is 5. The van der Waals surface area contributed by atoms with Gasteiger partial charge in [0.2, 0.25) is 5.91 Å². The quantitative estimate of drug-likeness (QED) is 0.345. The molecule has 5 nitrogen and oxygen atoms in total. The Labute approximate surface area is 169 Å². The number of ether oxygens (including phenoxy) is 2. The van der Waals surface area contributed by atoms with Crippen molar-refractivity contribution in [3.63, 3.8) is 0 Å². The molecule has 0 aromatic heterocycles. The molecule has 0 aliphatic rings. The highest BCUT2D eigenvalue weighted by Crippen LogP contribution is 2.26. The van der Waals surface area contributed by atoms with Gasteiger partial charge in [-0.15, -0.1) is 13.2 Å². The Bertz CT molecular complexity index is 847. The second kappa shape index (κ2) is 10.5. The van der Waals surface area contributed by atoms with E-state index >= 15 is 0 Å². The Balaban J connectivity index is 2.69. The molecule has 0 heterocycles. The first-order valence-electron chi connectivity index (χ1n) is 8.03. The third-order valence-electron chi connectivity index (χ3n) is 3.17. The summed E-state index contributed by atoms with van der Waals surface area (Å²) >= 11 is 5.87. The average Bonchev–Trinajstić information content (AvgIpc) is 2.61. The molecule has 1 aromatic rings. The van der Waals surface area contributed by atoms with Gasteiger partial charge < -0.3 is 14.8 Å². The molecule has 0 bridgehead atoms. The normalized spacial score (nSPS) is 14.0. The number of nitrogens with one attached hydrogen (secondary N) is 1. The molecule has 0 aliphatic carbocycles. The van der Waals surface area contributed by atoms with Crippen molar-refractivity contribution in [2.24, 2.45) is 0 Å². The topological polar surface area (TPSA) is 71.4 Å². The SMILES string of the molecule is C=C/C=C(\C=C/CC(=O)NC(C)(C#N)COc1cc(F)ccc1Cl)OC(F)(F)F. The Morgan fingerprint density at radius 3 is 2.69 bits per heavy atom. The molecule has 0 radical (unpaired) electrons. The summed E-state index contributed by atoms with van der Waals surface area (Å²) in [6.07, 6.45) is -1.10. The smallest absolute Gasteiger partial charge is 0.488 e. The number of benzene rings is 1. The lowest BCUT2D eigenvalue weighted by Crippen LogP contribution is -2.49. The van der Waals surface area contributed by atoms with Crippen molar-refractivity contribution in [2.75, 3.05) is 6.61 Å². The Hall–Kier alpha value is -2.99. The zero-order valence-corrected chi connectivity index (χ0v) is 16.0. The molecule has 1 unspecified atom stereocenters. The lowest BCUT2D eigenvalue weighted by molar-refractivity contribution is -0.303. The molecule has 0 saturated heterocycles. The summed E-state index contributed by atoms with van der Waals surface area (Å²) < 4.78 is 59.1. The van der Waals surface area contributed by atoms with E-state index in [-0.39, 0.29) is 23.8 Å². The number of carbonyl (C=O) groups is 1. The number of nitrogens with zero attached hydrogens (tertiary/aromatic N) is 1. The Morgan fingerprint density at radius 1 is 1.41 bits per heavy atom. The van der Waals surface area contributed by atoms with E-state index in [1.54, 1.807) is 0 Å². The summed E-state index contributed by atoms with van der Waals surface area (Å²) in [5.74, 6) is -1.83. The largest absolute Gasteiger partial charge is 0.573 e. The molecule has 1 rings (SSSR count). The molecule has 1 amide bonds. The lowest BCUT2D eigenvalue weighted by atomic mass is 10.1. The van der Waals surface area contributed by atoms with Gasteiger partial charge in [0.1, 0.15) is 23.9 Å². The second-order valence-corrected chi connectivity index (χ2v) is 6.22. The van der Waals surface area contributed by atoms with Crippen LogP contribution in [0.15, 0.2) is 54.8 Å². The predicted octanol–water partition coefficient (Wildman–Crippen LogP) is 4.81. The molecule has 1 atom stereocenters. The van der Waals surface area contributed by atoms with Gasteiger partial charge in [-0.1, -0.05) is 30.3 Å². The maximum atomic E-state index is 13.2. The van der Waals surface area contributed by atoms with Gasteiger partial charge in [0, 0.05) is 12.5 Å². The third kappa shape index (κ3) is 9.17. The van der Waals surface area contributed by atoms with Crippen molar-refractivity contribution < 1.29 is 31.8 Å². The van der Waals surface area contributed by atoms with E-state index in [0.717, 1.165) is 36.4 Å². The van der Waals surface area contributed by atoms with Gasteiger partial charge in [-0.2, -0.15) is 5.26 Å². The summed E-state index contributed by atoms with van der Waals surface area (Å²) in [7, 11) is 0. The van der Waals surface area contributed by atoms with Gasteiger partial charge in [0.25, 0.3) is 0 Å². The van der Waals surface area contributed by atoms with Crippen LogP contribution in [0.2, 0.25) is 5.02 Å². The zero-order chi connectivity index (χ0) is 22.1. The minimum Gasteiger partial charge on any atom is -0.488 e. The maximum Gasteiger partial charge on any atom is 0.573 e. The fourth-order valence-corrected chi connectivity index (χ4v) is 2.09. The fourth-order valence-electron chi connectivity index (χ4n) is 1.92. The van der Waals surface area contributed by atoms with Crippen LogP contribution < -0.4 is 10.1 Å². The summed E-state index contributed by atoms with van der Waals surface area (Å²) in [5, 5.41) is 11.8. The van der Waals surface area contributed by atoms with Crippen LogP contribution in [0.25, 0.3) is 0 Å². The Morgan fingerprint density at radius 2 is 2.10 bits per heavy atom. The number of hydrogen-bond donors (Lipinski definition) is 1. The molecule has 0 spiro atoms. The monoisotopic (exact) mass is 432 g/mol. The van der Waals surface area contributed by atoms with Gasteiger partial charge in [-0.05, 0) is 31.2 Å². The van der Waals surface area contributed by atoms with E-state index in [1.165, 1.54) is 13.0 Å². The van der Waals surface area contributed by atoms with Crippen LogP contribution in [0, 0.1) is 17.1 Å². The Kier molecular flexibility index (Phi) is 8.73. The van der Waals surface area contributed by atoms with E-state index in [1.807, 2.05) is 6.07 Å². The molecular weight excluding hydrogens is 416 g/mol. The fraction of sp³-hybridized carbons (Fsp3) is 0.263. The zero-order valence-electron chi connectivity index (χ0n) is 15.2. The van der Waals surface area contributed by atoms with E-state index in [4.69, 9.17) is 16.3 Å². The highest BCUT2D eigenvalue weighted by Gasteiger charge is 2.31. The van der Waals surface area contributed by atoms with Gasteiger partial charge >= 0.3 is 6.36 Å². The summed E-state index contributed by atoms with van der Waals surface area (Å²) in [4.78, 5) is 12.0. The van der Waals surface area contributed by atoms with Crippen molar-refractivity contribution in [3.8, 4) is 11.8 Å². The minimum absolute atomic E-state index is 0.00853. The molecule has 156 valence electrons. The van der Waals surface area contributed by atoms with Gasteiger partial charge in [0.05, 0.1) is 11.1 Å². The molecule has 0 aliphatic heterocycles. The van der Waals surface area contributed by atoms with Crippen molar-refractivity contribution in [1.29, 1.82) is 5.26 Å². The predicted molar refractivity (Wildman–Crippen MR) is 98.2 cm³/mol. The highest BCUT2D eigenvalue weighted by molar-refractivity contribution is 6.32. The standard InChI is InChI=1S/C19H17ClF4N2O3/c1-3-5-14(29-19(22,23)24)6-4-7-17(27)26-18(2,11-25)12-28-16-10-13(21)8-9-15(16)20/h3-6,8-10H,1,7,12H2,2H3,(H,26,27)/b6-4-,14-5+. The van der Waals surface area contributed by atoms with E-state index < -0.39 is 29.4 Å². The van der Waals surface area contributed by atoms with Gasteiger partial charge in [-0.25, -0.2) is 4.39 Å². The van der Waals surface area contributed by atoms with Crippen molar-refractivity contribution >= 4 is 17.5 Å². The number of carbonyl (C=O) groups excluding carboxylic acids is 1. The molecule has 0 fully saturated rings. The number of hydrogen-bond acceptors (Lipinski definition) is 4. The lowest BCUT2D eigenvalue weighted by Gasteiger charge is -2.23. The second-order valence-electron chi connectivity index (χ2n) is 5.81. The van der Waals surface area contributed by atoms with Crippen molar-refractivity contribution in [2.45, 2.75) is 25.2 Å². The van der Waals surface area contributed by atoms with Gasteiger partial charge in [-0.3, -0.25) is 4.79 Å². The first-order valence-corrected chi connectivity index (χ1v) is 8.41. The first-order chi connectivity index (χ1) is 13.5. The number of amides is 1. The number of alkyl halides is 3. The number of nitriles is 1. The van der Waals surface area contributed by atoms with Crippen LogP contribution in [0.5, 0.6) is 5.75 Å². The van der Waals surface area contributed by atoms with Crippen LogP contribution in [0.3, 0.4) is 0 Å². The van der Waals surface area contributed by atoms with E-state index in [0.29, 0.717) is 0 Å². The molecule has 1 aromatic carbocycles. The van der Waals surface area contributed by atoms with Crippen LogP contribution in [-0.2, 0) is 9.53 Å². The minimum atomic E-state index is -4.89. The van der Waals surface area contributed by atoms with Crippen LogP contribution in [0.1, 0.15) is 13.3 Å². The van der Waals surface area contributed by atoms with Crippen molar-refractivity contribution in [1.82, 2.24) is 5.32 Å². The number of allylic oxidation sites excluding steroid dienone is 3. The summed E-state index contributed by atoms with van der Waals surface area (Å²) in [6, 6.07) is 5.28.